The molecule has 0 aliphatic heterocycles. The summed E-state index contributed by atoms with van der Waals surface area (Å²) >= 11 is 5.86. The first-order valence-electron chi connectivity index (χ1n) is 6.27. The van der Waals surface area contributed by atoms with E-state index in [1.165, 1.54) is 18.4 Å². The van der Waals surface area contributed by atoms with Crippen LogP contribution in [-0.2, 0) is 5.54 Å². The highest BCUT2D eigenvalue weighted by atomic mass is 35.5. The highest BCUT2D eigenvalue weighted by molar-refractivity contribution is 6.30. The number of aromatic nitrogens is 2. The second kappa shape index (κ2) is 4.41. The number of halogens is 1. The van der Waals surface area contributed by atoms with Gasteiger partial charge in [0.05, 0.1) is 16.9 Å². The summed E-state index contributed by atoms with van der Waals surface area (Å²) in [5.41, 5.74) is 8.54. The Kier molecular flexibility index (Phi) is 2.88. The molecule has 1 aromatic carbocycles. The minimum Gasteiger partial charge on any atom is -0.321 e. The van der Waals surface area contributed by atoms with Crippen molar-refractivity contribution in [2.45, 2.75) is 31.2 Å². The van der Waals surface area contributed by atoms with E-state index < -0.39 is 0 Å². The average molecular weight is 262 g/mol. The molecule has 1 aliphatic carbocycles. The van der Waals surface area contributed by atoms with E-state index in [4.69, 9.17) is 17.3 Å². The molecule has 2 N–H and O–H groups in total. The Bertz CT molecular complexity index is 538. The lowest BCUT2D eigenvalue weighted by atomic mass is 9.89. The molecule has 3 nitrogen and oxygen atoms in total. The summed E-state index contributed by atoms with van der Waals surface area (Å²) in [7, 11) is 0. The van der Waals surface area contributed by atoms with E-state index >= 15 is 0 Å². The SMILES string of the molecule is NC1(c2ccc(-n3cc(Cl)cn3)cc2)CCCC1. The van der Waals surface area contributed by atoms with Gasteiger partial charge < -0.3 is 5.73 Å². The van der Waals surface area contributed by atoms with Crippen molar-refractivity contribution in [2.75, 3.05) is 0 Å². The van der Waals surface area contributed by atoms with Gasteiger partial charge in [-0.25, -0.2) is 4.68 Å². The van der Waals surface area contributed by atoms with E-state index in [9.17, 15) is 0 Å². The van der Waals surface area contributed by atoms with Gasteiger partial charge >= 0.3 is 0 Å². The Morgan fingerprint density at radius 1 is 1.17 bits per heavy atom. The van der Waals surface area contributed by atoms with Gasteiger partial charge in [0.1, 0.15) is 0 Å². The van der Waals surface area contributed by atoms with Crippen LogP contribution in [0.15, 0.2) is 36.7 Å². The van der Waals surface area contributed by atoms with E-state index in [0.717, 1.165) is 18.5 Å². The molecule has 0 amide bonds. The maximum absolute atomic E-state index is 6.43. The molecule has 1 aromatic heterocycles. The quantitative estimate of drug-likeness (QED) is 0.902. The first-order valence-corrected chi connectivity index (χ1v) is 6.65. The molecule has 18 heavy (non-hydrogen) atoms. The van der Waals surface area contributed by atoms with Crippen LogP contribution in [0.3, 0.4) is 0 Å². The van der Waals surface area contributed by atoms with Crippen LogP contribution in [0.5, 0.6) is 0 Å². The Hall–Kier alpha value is -1.32. The number of rotatable bonds is 2. The summed E-state index contributed by atoms with van der Waals surface area (Å²) in [4.78, 5) is 0. The Morgan fingerprint density at radius 3 is 2.39 bits per heavy atom. The molecule has 1 saturated carbocycles. The minimum absolute atomic E-state index is 0.125. The molecular weight excluding hydrogens is 246 g/mol. The predicted molar refractivity (Wildman–Crippen MR) is 72.9 cm³/mol. The van der Waals surface area contributed by atoms with Crippen molar-refractivity contribution in [3.63, 3.8) is 0 Å². The van der Waals surface area contributed by atoms with Gasteiger partial charge in [-0.15, -0.1) is 0 Å². The van der Waals surface area contributed by atoms with Crippen LogP contribution < -0.4 is 5.73 Å². The Labute approximate surface area is 112 Å². The molecule has 4 heteroatoms. The maximum Gasteiger partial charge on any atom is 0.0790 e. The number of nitrogens with zero attached hydrogens (tertiary/aromatic N) is 2. The highest BCUT2D eigenvalue weighted by Crippen LogP contribution is 2.36. The number of nitrogens with two attached hydrogens (primary N) is 1. The van der Waals surface area contributed by atoms with Gasteiger partial charge in [-0.3, -0.25) is 0 Å². The maximum atomic E-state index is 6.43. The number of hydrogen-bond acceptors (Lipinski definition) is 2. The standard InChI is InChI=1S/C14H16ClN3/c15-12-9-17-18(10-12)13-5-3-11(4-6-13)14(16)7-1-2-8-14/h3-6,9-10H,1-2,7-8,16H2. The van der Waals surface area contributed by atoms with Crippen LogP contribution in [0.1, 0.15) is 31.2 Å². The van der Waals surface area contributed by atoms with Crippen molar-refractivity contribution in [1.29, 1.82) is 0 Å². The second-order valence-corrected chi connectivity index (χ2v) is 5.45. The van der Waals surface area contributed by atoms with Crippen molar-refractivity contribution in [1.82, 2.24) is 9.78 Å². The lowest BCUT2D eigenvalue weighted by molar-refractivity contribution is 0.461. The molecule has 0 atom stereocenters. The van der Waals surface area contributed by atoms with Gasteiger partial charge in [0, 0.05) is 11.7 Å². The third-order valence-electron chi connectivity index (χ3n) is 3.75. The van der Waals surface area contributed by atoms with E-state index in [-0.39, 0.29) is 5.54 Å². The summed E-state index contributed by atoms with van der Waals surface area (Å²) in [6, 6.07) is 8.31. The molecule has 0 radical (unpaired) electrons. The van der Waals surface area contributed by atoms with Crippen molar-refractivity contribution in [2.24, 2.45) is 5.73 Å². The van der Waals surface area contributed by atoms with Gasteiger partial charge in [0.2, 0.25) is 0 Å². The van der Waals surface area contributed by atoms with Crippen LogP contribution in [0.2, 0.25) is 5.02 Å². The summed E-state index contributed by atoms with van der Waals surface area (Å²) < 4.78 is 1.77. The third kappa shape index (κ3) is 2.04. The molecule has 94 valence electrons. The van der Waals surface area contributed by atoms with Gasteiger partial charge in [-0.2, -0.15) is 5.10 Å². The van der Waals surface area contributed by atoms with Gasteiger partial charge in [-0.05, 0) is 30.5 Å². The fraction of sp³-hybridized carbons (Fsp3) is 0.357. The summed E-state index contributed by atoms with van der Waals surface area (Å²) in [6.07, 6.45) is 8.06. The number of benzene rings is 1. The molecule has 0 unspecified atom stereocenters. The van der Waals surface area contributed by atoms with E-state index in [1.54, 1.807) is 17.1 Å². The first-order chi connectivity index (χ1) is 8.67. The van der Waals surface area contributed by atoms with Crippen LogP contribution in [-0.4, -0.2) is 9.78 Å². The van der Waals surface area contributed by atoms with Crippen molar-refractivity contribution < 1.29 is 0 Å². The zero-order valence-electron chi connectivity index (χ0n) is 10.1. The van der Waals surface area contributed by atoms with Crippen LogP contribution in [0.25, 0.3) is 5.69 Å². The summed E-state index contributed by atoms with van der Waals surface area (Å²) in [5.74, 6) is 0. The van der Waals surface area contributed by atoms with Gasteiger partial charge in [0.15, 0.2) is 0 Å². The highest BCUT2D eigenvalue weighted by Gasteiger charge is 2.30. The van der Waals surface area contributed by atoms with Crippen LogP contribution >= 0.6 is 11.6 Å². The van der Waals surface area contributed by atoms with Crippen molar-refractivity contribution in [3.8, 4) is 5.69 Å². The predicted octanol–water partition coefficient (Wildman–Crippen LogP) is 3.25. The zero-order chi connectivity index (χ0) is 12.6. The first kappa shape index (κ1) is 11.8. The van der Waals surface area contributed by atoms with Crippen molar-refractivity contribution >= 4 is 11.6 Å². The van der Waals surface area contributed by atoms with E-state index in [2.05, 4.69) is 17.2 Å². The Balaban J connectivity index is 1.89. The molecule has 0 spiro atoms. The molecule has 1 heterocycles. The molecule has 0 bridgehead atoms. The lowest BCUT2D eigenvalue weighted by Crippen LogP contribution is -2.32. The largest absolute Gasteiger partial charge is 0.321 e. The summed E-state index contributed by atoms with van der Waals surface area (Å²) in [6.45, 7) is 0. The lowest BCUT2D eigenvalue weighted by Gasteiger charge is -2.24. The van der Waals surface area contributed by atoms with Gasteiger partial charge in [0.25, 0.3) is 0 Å². The van der Waals surface area contributed by atoms with Crippen LogP contribution in [0, 0.1) is 0 Å². The molecule has 2 aromatic rings. The smallest absolute Gasteiger partial charge is 0.0790 e. The normalized spacial score (nSPS) is 18.1. The van der Waals surface area contributed by atoms with Crippen LogP contribution in [0.4, 0.5) is 0 Å². The zero-order valence-corrected chi connectivity index (χ0v) is 10.9. The number of hydrogen-bond donors (Lipinski definition) is 1. The molecule has 0 saturated heterocycles. The minimum atomic E-state index is -0.125. The Morgan fingerprint density at radius 2 is 1.83 bits per heavy atom. The second-order valence-electron chi connectivity index (χ2n) is 5.01. The van der Waals surface area contributed by atoms with E-state index in [0.29, 0.717) is 5.02 Å². The molecular formula is C14H16ClN3. The fourth-order valence-electron chi connectivity index (χ4n) is 2.68. The average Bonchev–Trinajstić information content (AvgIpc) is 3.00. The fourth-order valence-corrected chi connectivity index (χ4v) is 2.82. The van der Waals surface area contributed by atoms with Crippen molar-refractivity contribution in [3.05, 3.63) is 47.2 Å². The molecule has 1 aliphatic rings. The third-order valence-corrected chi connectivity index (χ3v) is 3.95. The van der Waals surface area contributed by atoms with E-state index in [1.807, 2.05) is 12.1 Å². The monoisotopic (exact) mass is 261 g/mol. The topological polar surface area (TPSA) is 43.8 Å². The molecule has 1 fully saturated rings. The molecule has 3 rings (SSSR count). The van der Waals surface area contributed by atoms with Gasteiger partial charge in [-0.1, -0.05) is 36.6 Å². The summed E-state index contributed by atoms with van der Waals surface area (Å²) in [5, 5.41) is 4.83.